The maximum atomic E-state index is 12.0. The lowest BCUT2D eigenvalue weighted by molar-refractivity contribution is -0.143. The van der Waals surface area contributed by atoms with E-state index in [-0.39, 0.29) is 5.97 Å². The van der Waals surface area contributed by atoms with Crippen LogP contribution in [0.15, 0.2) is 0 Å². The fraction of sp³-hybridized carbons (Fsp3) is 0.889. The SMILES string of the molecule is CCCC[C@@H]1CCC(=O)[C@H]1CCCCCCC(=O)OCC. The fourth-order valence-corrected chi connectivity index (χ4v) is 3.41. The summed E-state index contributed by atoms with van der Waals surface area (Å²) in [6, 6.07) is 0. The number of ketones is 1. The van der Waals surface area contributed by atoms with Gasteiger partial charge in [-0.15, -0.1) is 0 Å². The number of ether oxygens (including phenoxy) is 1. The summed E-state index contributed by atoms with van der Waals surface area (Å²) in [5.41, 5.74) is 0. The molecule has 0 aromatic carbocycles. The topological polar surface area (TPSA) is 43.4 Å². The van der Waals surface area contributed by atoms with Crippen molar-refractivity contribution in [3.63, 3.8) is 0 Å². The van der Waals surface area contributed by atoms with Crippen LogP contribution in [0.3, 0.4) is 0 Å². The molecule has 1 saturated carbocycles. The Hall–Kier alpha value is -0.860. The van der Waals surface area contributed by atoms with E-state index in [9.17, 15) is 9.59 Å². The van der Waals surface area contributed by atoms with Crippen LogP contribution < -0.4 is 0 Å². The van der Waals surface area contributed by atoms with Gasteiger partial charge < -0.3 is 4.74 Å². The Morgan fingerprint density at radius 3 is 2.57 bits per heavy atom. The maximum absolute atomic E-state index is 12.0. The number of unbranched alkanes of at least 4 members (excludes halogenated alkanes) is 4. The average Bonchev–Trinajstić information content (AvgIpc) is 2.81. The number of Topliss-reactive ketones (excluding diaryl/α,β-unsaturated/α-hetero) is 1. The molecule has 0 heterocycles. The highest BCUT2D eigenvalue weighted by Crippen LogP contribution is 2.36. The largest absolute Gasteiger partial charge is 0.466 e. The zero-order valence-corrected chi connectivity index (χ0v) is 13.9. The first-order valence-corrected chi connectivity index (χ1v) is 8.87. The predicted octanol–water partition coefficient (Wildman–Crippen LogP) is 4.68. The molecule has 0 N–H and O–H groups in total. The molecule has 1 rings (SSSR count). The van der Waals surface area contributed by atoms with Crippen LogP contribution in [-0.2, 0) is 14.3 Å². The lowest BCUT2D eigenvalue weighted by Gasteiger charge is -2.17. The van der Waals surface area contributed by atoms with E-state index in [0.29, 0.717) is 30.6 Å². The molecule has 1 aliphatic rings. The second-order valence-corrected chi connectivity index (χ2v) is 6.27. The molecule has 3 nitrogen and oxygen atoms in total. The van der Waals surface area contributed by atoms with Gasteiger partial charge >= 0.3 is 5.97 Å². The van der Waals surface area contributed by atoms with Crippen LogP contribution in [-0.4, -0.2) is 18.4 Å². The van der Waals surface area contributed by atoms with Crippen molar-refractivity contribution in [1.82, 2.24) is 0 Å². The Kier molecular flexibility index (Phi) is 9.36. The summed E-state index contributed by atoms with van der Waals surface area (Å²) in [5.74, 6) is 1.41. The molecule has 2 atom stereocenters. The average molecular weight is 296 g/mol. The normalized spacial score (nSPS) is 21.7. The van der Waals surface area contributed by atoms with E-state index in [1.807, 2.05) is 6.92 Å². The molecule has 0 spiro atoms. The van der Waals surface area contributed by atoms with Crippen molar-refractivity contribution < 1.29 is 14.3 Å². The smallest absolute Gasteiger partial charge is 0.305 e. The van der Waals surface area contributed by atoms with Crippen molar-refractivity contribution in [2.45, 2.75) is 84.5 Å². The highest BCUT2D eigenvalue weighted by molar-refractivity contribution is 5.83. The van der Waals surface area contributed by atoms with Crippen molar-refractivity contribution >= 4 is 11.8 Å². The third-order valence-electron chi connectivity index (χ3n) is 4.62. The summed E-state index contributed by atoms with van der Waals surface area (Å²) in [4.78, 5) is 23.2. The van der Waals surface area contributed by atoms with Crippen LogP contribution in [0.2, 0.25) is 0 Å². The molecule has 122 valence electrons. The standard InChI is InChI=1S/C18H32O3/c1-3-5-10-15-13-14-17(19)16(15)11-8-6-7-9-12-18(20)21-4-2/h15-16H,3-14H2,1-2H3/t15-,16+/m1/s1. The zero-order chi connectivity index (χ0) is 15.5. The molecule has 0 aliphatic heterocycles. The first-order chi connectivity index (χ1) is 10.2. The van der Waals surface area contributed by atoms with Gasteiger partial charge in [0.2, 0.25) is 0 Å². The Balaban J connectivity index is 2.10. The van der Waals surface area contributed by atoms with E-state index in [1.54, 1.807) is 0 Å². The Bertz CT molecular complexity index is 312. The summed E-state index contributed by atoms with van der Waals surface area (Å²) in [6.45, 7) is 4.53. The lowest BCUT2D eigenvalue weighted by atomic mass is 9.86. The third kappa shape index (κ3) is 7.10. The van der Waals surface area contributed by atoms with E-state index in [4.69, 9.17) is 4.74 Å². The molecule has 0 bridgehead atoms. The van der Waals surface area contributed by atoms with Crippen LogP contribution in [0, 0.1) is 11.8 Å². The van der Waals surface area contributed by atoms with Gasteiger partial charge in [0.1, 0.15) is 5.78 Å². The van der Waals surface area contributed by atoms with Crippen molar-refractivity contribution in [3.05, 3.63) is 0 Å². The van der Waals surface area contributed by atoms with Crippen LogP contribution in [0.1, 0.15) is 84.5 Å². The van der Waals surface area contributed by atoms with Crippen molar-refractivity contribution in [2.24, 2.45) is 11.8 Å². The fourth-order valence-electron chi connectivity index (χ4n) is 3.41. The second kappa shape index (κ2) is 10.8. The maximum Gasteiger partial charge on any atom is 0.305 e. The number of esters is 1. The Morgan fingerprint density at radius 2 is 1.86 bits per heavy atom. The first-order valence-electron chi connectivity index (χ1n) is 8.87. The van der Waals surface area contributed by atoms with Gasteiger partial charge in [0.15, 0.2) is 0 Å². The minimum Gasteiger partial charge on any atom is -0.466 e. The van der Waals surface area contributed by atoms with Gasteiger partial charge in [-0.05, 0) is 38.5 Å². The quantitative estimate of drug-likeness (QED) is 0.411. The molecule has 0 aromatic rings. The predicted molar refractivity (Wildman–Crippen MR) is 85.1 cm³/mol. The number of carbonyl (C=O) groups is 2. The summed E-state index contributed by atoms with van der Waals surface area (Å²) < 4.78 is 4.91. The van der Waals surface area contributed by atoms with Gasteiger partial charge in [0.05, 0.1) is 6.61 Å². The van der Waals surface area contributed by atoms with Crippen LogP contribution in [0.4, 0.5) is 0 Å². The van der Waals surface area contributed by atoms with E-state index >= 15 is 0 Å². The molecule has 3 heteroatoms. The number of hydrogen-bond donors (Lipinski definition) is 0. The molecule has 0 radical (unpaired) electrons. The number of rotatable bonds is 11. The number of carbonyl (C=O) groups excluding carboxylic acids is 2. The van der Waals surface area contributed by atoms with Gasteiger partial charge in [-0.1, -0.05) is 39.0 Å². The minimum absolute atomic E-state index is 0.0805. The highest BCUT2D eigenvalue weighted by Gasteiger charge is 2.33. The van der Waals surface area contributed by atoms with Gasteiger partial charge in [0.25, 0.3) is 0 Å². The van der Waals surface area contributed by atoms with E-state index in [0.717, 1.165) is 44.9 Å². The van der Waals surface area contributed by atoms with Gasteiger partial charge in [0, 0.05) is 18.8 Å². The van der Waals surface area contributed by atoms with Crippen LogP contribution in [0.5, 0.6) is 0 Å². The molecular formula is C18H32O3. The van der Waals surface area contributed by atoms with E-state index in [1.165, 1.54) is 19.3 Å². The molecule has 0 amide bonds. The van der Waals surface area contributed by atoms with Crippen LogP contribution >= 0.6 is 0 Å². The Labute approximate surface area is 129 Å². The van der Waals surface area contributed by atoms with E-state index in [2.05, 4.69) is 6.92 Å². The summed E-state index contributed by atoms with van der Waals surface area (Å²) in [5, 5.41) is 0. The molecule has 0 saturated heterocycles. The highest BCUT2D eigenvalue weighted by atomic mass is 16.5. The zero-order valence-electron chi connectivity index (χ0n) is 13.9. The van der Waals surface area contributed by atoms with Crippen molar-refractivity contribution in [1.29, 1.82) is 0 Å². The lowest BCUT2D eigenvalue weighted by Crippen LogP contribution is -2.14. The monoisotopic (exact) mass is 296 g/mol. The molecule has 21 heavy (non-hydrogen) atoms. The van der Waals surface area contributed by atoms with Crippen LogP contribution in [0.25, 0.3) is 0 Å². The summed E-state index contributed by atoms with van der Waals surface area (Å²) in [7, 11) is 0. The Morgan fingerprint density at radius 1 is 1.10 bits per heavy atom. The van der Waals surface area contributed by atoms with Gasteiger partial charge in [-0.25, -0.2) is 0 Å². The second-order valence-electron chi connectivity index (χ2n) is 6.27. The molecule has 1 fully saturated rings. The summed E-state index contributed by atoms with van der Waals surface area (Å²) in [6.07, 6.45) is 11.5. The van der Waals surface area contributed by atoms with E-state index < -0.39 is 0 Å². The minimum atomic E-state index is -0.0805. The van der Waals surface area contributed by atoms with Gasteiger partial charge in [-0.2, -0.15) is 0 Å². The summed E-state index contributed by atoms with van der Waals surface area (Å²) >= 11 is 0. The molecule has 0 unspecified atom stereocenters. The third-order valence-corrected chi connectivity index (χ3v) is 4.62. The van der Waals surface area contributed by atoms with Crippen molar-refractivity contribution in [3.8, 4) is 0 Å². The molecule has 1 aliphatic carbocycles. The first kappa shape index (κ1) is 18.2. The number of hydrogen-bond acceptors (Lipinski definition) is 3. The molecule has 0 aromatic heterocycles. The molecular weight excluding hydrogens is 264 g/mol. The van der Waals surface area contributed by atoms with Crippen molar-refractivity contribution in [2.75, 3.05) is 6.61 Å². The van der Waals surface area contributed by atoms with Gasteiger partial charge in [-0.3, -0.25) is 9.59 Å².